The van der Waals surface area contributed by atoms with Gasteiger partial charge in [-0.25, -0.2) is 4.79 Å². The van der Waals surface area contributed by atoms with Crippen molar-refractivity contribution in [1.82, 2.24) is 15.5 Å². The molecule has 1 aliphatic heterocycles. The molecule has 8 heteroatoms. The Hall–Kier alpha value is -4.66. The first-order valence-corrected chi connectivity index (χ1v) is 15.7. The van der Waals surface area contributed by atoms with Crippen LogP contribution in [0, 0.1) is 0 Å². The highest BCUT2D eigenvalue weighted by Gasteiger charge is 2.23. The van der Waals surface area contributed by atoms with E-state index in [4.69, 9.17) is 4.74 Å². The Kier molecular flexibility index (Phi) is 11.6. The average molecular weight is 607 g/mol. The molecule has 0 saturated carbocycles. The smallest absolute Gasteiger partial charge is 0.411 e. The second-order valence-corrected chi connectivity index (χ2v) is 11.4. The number of amides is 2. The molecular formula is C37H42N4O4. The number of nitrogens with one attached hydrogen (secondary N) is 3. The molecule has 4 N–H and O–H groups in total. The summed E-state index contributed by atoms with van der Waals surface area (Å²) >= 11 is 0. The lowest BCUT2D eigenvalue weighted by atomic mass is 10.0. The van der Waals surface area contributed by atoms with Crippen molar-refractivity contribution in [3.8, 4) is 16.9 Å². The lowest BCUT2D eigenvalue weighted by molar-refractivity contribution is -0.121. The number of aromatic hydroxyl groups is 1. The van der Waals surface area contributed by atoms with Crippen LogP contribution in [0.3, 0.4) is 0 Å². The number of hydrogen-bond donors (Lipinski definition) is 4. The number of nitrogens with zero attached hydrogens (tertiary/aromatic N) is 1. The fourth-order valence-corrected chi connectivity index (χ4v) is 5.53. The molecule has 1 fully saturated rings. The number of anilines is 1. The molecule has 1 saturated heterocycles. The standard InChI is InChI=1S/C37H42N4O4/c42-32-15-13-28(14-16-32)17-21-38-26-29-7-6-8-30(25-29)27-39-36(43)20-24-41-22-18-33(19-23-41)45-37(44)40-35-12-5-4-11-34(35)31-9-2-1-3-10-31/h1-16,25,33,38,42H,17-24,26-27H2,(H,39,43)(H,40,44). The van der Waals surface area contributed by atoms with Gasteiger partial charge in [0.05, 0.1) is 5.69 Å². The molecule has 1 aliphatic rings. The summed E-state index contributed by atoms with van der Waals surface area (Å²) in [7, 11) is 0. The number of carbonyl (C=O) groups excluding carboxylic acids is 2. The Bertz CT molecular complexity index is 1520. The molecule has 0 radical (unpaired) electrons. The fraction of sp³-hybridized carbons (Fsp3) is 0.297. The summed E-state index contributed by atoms with van der Waals surface area (Å²) < 4.78 is 5.74. The number of benzene rings is 4. The van der Waals surface area contributed by atoms with E-state index in [0.717, 1.165) is 67.8 Å². The Labute approximate surface area is 265 Å². The first-order valence-electron chi connectivity index (χ1n) is 15.7. The summed E-state index contributed by atoms with van der Waals surface area (Å²) in [5, 5.41) is 18.8. The van der Waals surface area contributed by atoms with Gasteiger partial charge in [-0.2, -0.15) is 0 Å². The van der Waals surface area contributed by atoms with Crippen molar-refractivity contribution in [3.05, 3.63) is 120 Å². The number of piperidine rings is 1. The Balaban J connectivity index is 0.963. The van der Waals surface area contributed by atoms with Gasteiger partial charge < -0.3 is 25.4 Å². The predicted octanol–water partition coefficient (Wildman–Crippen LogP) is 6.11. The average Bonchev–Trinajstić information content (AvgIpc) is 3.07. The Morgan fingerprint density at radius 3 is 2.29 bits per heavy atom. The van der Waals surface area contributed by atoms with Crippen LogP contribution in [0.1, 0.15) is 36.0 Å². The quantitative estimate of drug-likeness (QED) is 0.137. The molecule has 0 atom stereocenters. The van der Waals surface area contributed by atoms with Crippen LogP contribution in [0.4, 0.5) is 10.5 Å². The first-order chi connectivity index (χ1) is 22.0. The summed E-state index contributed by atoms with van der Waals surface area (Å²) in [6, 6.07) is 33.2. The number of para-hydroxylation sites is 1. The zero-order valence-corrected chi connectivity index (χ0v) is 25.6. The highest BCUT2D eigenvalue weighted by Crippen LogP contribution is 2.28. The van der Waals surface area contributed by atoms with Gasteiger partial charge in [-0.05, 0) is 66.3 Å². The Morgan fingerprint density at radius 1 is 0.800 bits per heavy atom. The van der Waals surface area contributed by atoms with Crippen LogP contribution in [0.2, 0.25) is 0 Å². The molecule has 8 nitrogen and oxygen atoms in total. The molecule has 0 unspecified atom stereocenters. The van der Waals surface area contributed by atoms with E-state index < -0.39 is 6.09 Å². The van der Waals surface area contributed by atoms with Crippen LogP contribution in [0.15, 0.2) is 103 Å². The Morgan fingerprint density at radius 2 is 1.51 bits per heavy atom. The minimum absolute atomic E-state index is 0.0299. The third kappa shape index (κ3) is 10.2. The molecule has 45 heavy (non-hydrogen) atoms. The van der Waals surface area contributed by atoms with Crippen LogP contribution < -0.4 is 16.0 Å². The van der Waals surface area contributed by atoms with E-state index in [0.29, 0.717) is 19.5 Å². The number of hydrogen-bond acceptors (Lipinski definition) is 6. The van der Waals surface area contributed by atoms with Gasteiger partial charge in [0.1, 0.15) is 11.9 Å². The van der Waals surface area contributed by atoms with Gasteiger partial charge in [0, 0.05) is 44.7 Å². The van der Waals surface area contributed by atoms with Gasteiger partial charge in [0.15, 0.2) is 0 Å². The zero-order valence-electron chi connectivity index (χ0n) is 25.6. The summed E-state index contributed by atoms with van der Waals surface area (Å²) in [4.78, 5) is 27.5. The number of likely N-dealkylation sites (tertiary alicyclic amines) is 1. The summed E-state index contributed by atoms with van der Waals surface area (Å²) in [6.45, 7) is 4.34. The summed E-state index contributed by atoms with van der Waals surface area (Å²) in [6.07, 6.45) is 2.22. The highest BCUT2D eigenvalue weighted by atomic mass is 16.6. The maximum Gasteiger partial charge on any atom is 0.411 e. The predicted molar refractivity (Wildman–Crippen MR) is 178 cm³/mol. The molecule has 4 aromatic carbocycles. The van der Waals surface area contributed by atoms with Crippen LogP contribution >= 0.6 is 0 Å². The largest absolute Gasteiger partial charge is 0.508 e. The molecule has 2 amide bonds. The maximum atomic E-state index is 12.7. The molecular weight excluding hydrogens is 564 g/mol. The van der Waals surface area contributed by atoms with Crippen LogP contribution in [0.5, 0.6) is 5.75 Å². The number of rotatable bonds is 13. The number of phenols is 1. The molecule has 1 heterocycles. The first kappa shape index (κ1) is 31.8. The van der Waals surface area contributed by atoms with E-state index >= 15 is 0 Å². The number of phenolic OH excluding ortho intramolecular Hbond substituents is 1. The third-order valence-electron chi connectivity index (χ3n) is 8.05. The lowest BCUT2D eigenvalue weighted by Gasteiger charge is -2.31. The molecule has 4 aromatic rings. The van der Waals surface area contributed by atoms with Crippen LogP contribution in [0.25, 0.3) is 11.1 Å². The summed E-state index contributed by atoms with van der Waals surface area (Å²) in [5.74, 6) is 0.313. The molecule has 0 aliphatic carbocycles. The second-order valence-electron chi connectivity index (χ2n) is 11.4. The van der Waals surface area contributed by atoms with E-state index in [2.05, 4.69) is 33.0 Å². The van der Waals surface area contributed by atoms with Crippen LogP contribution in [-0.4, -0.2) is 54.3 Å². The van der Waals surface area contributed by atoms with Crippen molar-refractivity contribution in [2.45, 2.75) is 44.9 Å². The minimum Gasteiger partial charge on any atom is -0.508 e. The normalized spacial score (nSPS) is 13.7. The van der Waals surface area contributed by atoms with Crippen molar-refractivity contribution in [2.75, 3.05) is 31.5 Å². The van der Waals surface area contributed by atoms with Crippen molar-refractivity contribution < 1.29 is 19.4 Å². The van der Waals surface area contributed by atoms with Gasteiger partial charge in [0.25, 0.3) is 0 Å². The van der Waals surface area contributed by atoms with Gasteiger partial charge in [0.2, 0.25) is 5.91 Å². The highest BCUT2D eigenvalue weighted by molar-refractivity contribution is 5.91. The van der Waals surface area contributed by atoms with Gasteiger partial charge >= 0.3 is 6.09 Å². The SMILES string of the molecule is O=C(CCN1CCC(OC(=O)Nc2ccccc2-c2ccccc2)CC1)NCc1cccc(CNCCc2ccc(O)cc2)c1. The van der Waals surface area contributed by atoms with Gasteiger partial charge in [-0.3, -0.25) is 10.1 Å². The van der Waals surface area contributed by atoms with Crippen LogP contribution in [-0.2, 0) is 29.0 Å². The van der Waals surface area contributed by atoms with Crippen molar-refractivity contribution >= 4 is 17.7 Å². The number of carbonyl (C=O) groups is 2. The van der Waals surface area contributed by atoms with Crippen molar-refractivity contribution in [1.29, 1.82) is 0 Å². The molecule has 0 spiro atoms. The monoisotopic (exact) mass is 606 g/mol. The maximum absolute atomic E-state index is 12.7. The van der Waals surface area contributed by atoms with Crippen molar-refractivity contribution in [3.63, 3.8) is 0 Å². The molecule has 5 rings (SSSR count). The van der Waals surface area contributed by atoms with E-state index in [9.17, 15) is 14.7 Å². The minimum atomic E-state index is -0.440. The lowest BCUT2D eigenvalue weighted by Crippen LogP contribution is -2.40. The third-order valence-corrected chi connectivity index (χ3v) is 8.05. The molecule has 0 aromatic heterocycles. The van der Waals surface area contributed by atoms with Crippen molar-refractivity contribution in [2.24, 2.45) is 0 Å². The van der Waals surface area contributed by atoms with E-state index in [1.54, 1.807) is 12.1 Å². The molecule has 0 bridgehead atoms. The van der Waals surface area contributed by atoms with Gasteiger partial charge in [-0.1, -0.05) is 84.9 Å². The number of ether oxygens (including phenoxy) is 1. The zero-order chi connectivity index (χ0) is 31.3. The second kappa shape index (κ2) is 16.4. The van der Waals surface area contributed by atoms with E-state index in [1.807, 2.05) is 78.9 Å². The van der Waals surface area contributed by atoms with Gasteiger partial charge in [-0.15, -0.1) is 0 Å². The van der Waals surface area contributed by atoms with E-state index in [1.165, 1.54) is 11.1 Å². The molecule has 234 valence electrons. The topological polar surface area (TPSA) is 103 Å². The fourth-order valence-electron chi connectivity index (χ4n) is 5.53. The van der Waals surface area contributed by atoms with E-state index in [-0.39, 0.29) is 17.8 Å². The summed E-state index contributed by atoms with van der Waals surface area (Å²) in [5.41, 5.74) is 6.13.